The zero-order chi connectivity index (χ0) is 18.5. The normalized spacial score (nSPS) is 14.1. The first-order valence-corrected chi connectivity index (χ1v) is 8.49. The minimum Gasteiger partial charge on any atom is -0.496 e. The predicted molar refractivity (Wildman–Crippen MR) is 99.7 cm³/mol. The van der Waals surface area contributed by atoms with Crippen LogP contribution in [0.1, 0.15) is 17.3 Å². The number of hydrogen-bond acceptors (Lipinski definition) is 5. The second-order valence-corrected chi connectivity index (χ2v) is 6.05. The summed E-state index contributed by atoms with van der Waals surface area (Å²) in [6, 6.07) is 10.8. The van der Waals surface area contributed by atoms with Gasteiger partial charge in [-0.1, -0.05) is 12.1 Å². The van der Waals surface area contributed by atoms with E-state index in [0.717, 1.165) is 18.8 Å². The number of aromatic nitrogens is 1. The van der Waals surface area contributed by atoms with Gasteiger partial charge in [-0.05, 0) is 24.3 Å². The lowest BCUT2D eigenvalue weighted by molar-refractivity contribution is -0.129. The third-order valence-corrected chi connectivity index (χ3v) is 4.43. The van der Waals surface area contributed by atoms with E-state index in [1.54, 1.807) is 37.4 Å². The number of ether oxygens (including phenoxy) is 1. The Morgan fingerprint density at radius 2 is 1.81 bits per heavy atom. The zero-order valence-corrected chi connectivity index (χ0v) is 14.9. The lowest BCUT2D eigenvalue weighted by Crippen LogP contribution is -2.48. The van der Waals surface area contributed by atoms with Gasteiger partial charge in [-0.3, -0.25) is 9.59 Å². The molecule has 1 aliphatic heterocycles. The van der Waals surface area contributed by atoms with Crippen LogP contribution in [0.5, 0.6) is 5.75 Å². The van der Waals surface area contributed by atoms with Crippen molar-refractivity contribution in [2.75, 3.05) is 43.5 Å². The fraction of sp³-hybridized carbons (Fsp3) is 0.316. The van der Waals surface area contributed by atoms with Gasteiger partial charge in [0.1, 0.15) is 11.6 Å². The molecule has 1 fully saturated rings. The summed E-state index contributed by atoms with van der Waals surface area (Å²) in [5, 5.41) is 2.78. The lowest BCUT2D eigenvalue weighted by atomic mass is 10.2. The topological polar surface area (TPSA) is 74.8 Å². The number of pyridine rings is 1. The van der Waals surface area contributed by atoms with Crippen LogP contribution in [0.3, 0.4) is 0 Å². The first-order valence-electron chi connectivity index (χ1n) is 8.49. The van der Waals surface area contributed by atoms with Crippen molar-refractivity contribution in [1.29, 1.82) is 0 Å². The number of nitrogens with one attached hydrogen (secondary N) is 1. The SMILES string of the molecule is COc1ccccc1C(=O)Nc1ccc(N2CCN(C(C)=O)CC2)cn1. The highest BCUT2D eigenvalue weighted by molar-refractivity contribution is 6.05. The van der Waals surface area contributed by atoms with Crippen LogP contribution in [0.4, 0.5) is 11.5 Å². The number of anilines is 2. The van der Waals surface area contributed by atoms with E-state index in [1.807, 2.05) is 17.0 Å². The van der Waals surface area contributed by atoms with Crippen molar-refractivity contribution in [3.05, 3.63) is 48.2 Å². The van der Waals surface area contributed by atoms with Gasteiger partial charge in [0.25, 0.3) is 5.91 Å². The molecule has 1 aromatic heterocycles. The van der Waals surface area contributed by atoms with Crippen LogP contribution >= 0.6 is 0 Å². The Hall–Kier alpha value is -3.09. The maximum atomic E-state index is 12.4. The molecule has 136 valence electrons. The molecule has 3 rings (SSSR count). The fourth-order valence-corrected chi connectivity index (χ4v) is 2.94. The summed E-state index contributed by atoms with van der Waals surface area (Å²) in [4.78, 5) is 32.2. The molecule has 2 amide bonds. The van der Waals surface area contributed by atoms with E-state index in [9.17, 15) is 9.59 Å². The van der Waals surface area contributed by atoms with Crippen LogP contribution in [0, 0.1) is 0 Å². The standard InChI is InChI=1S/C19H22N4O3/c1-14(24)22-9-11-23(12-10-22)15-7-8-18(20-13-15)21-19(25)16-5-3-4-6-17(16)26-2/h3-8,13H,9-12H2,1-2H3,(H,20,21,25). The van der Waals surface area contributed by atoms with E-state index >= 15 is 0 Å². The molecule has 2 aromatic rings. The molecule has 7 nitrogen and oxygen atoms in total. The smallest absolute Gasteiger partial charge is 0.260 e. The molecule has 1 saturated heterocycles. The Morgan fingerprint density at radius 3 is 2.42 bits per heavy atom. The molecule has 1 aromatic carbocycles. The number of nitrogens with zero attached hydrogens (tertiary/aromatic N) is 3. The summed E-state index contributed by atoms with van der Waals surface area (Å²) in [5.74, 6) is 0.840. The van der Waals surface area contributed by atoms with E-state index in [0.29, 0.717) is 30.2 Å². The lowest BCUT2D eigenvalue weighted by Gasteiger charge is -2.35. The van der Waals surface area contributed by atoms with E-state index in [2.05, 4.69) is 15.2 Å². The van der Waals surface area contributed by atoms with Crippen LogP contribution in [0.15, 0.2) is 42.6 Å². The van der Waals surface area contributed by atoms with Crippen LogP contribution < -0.4 is 15.0 Å². The van der Waals surface area contributed by atoms with Gasteiger partial charge in [-0.25, -0.2) is 4.98 Å². The van der Waals surface area contributed by atoms with Crippen molar-refractivity contribution < 1.29 is 14.3 Å². The molecule has 0 saturated carbocycles. The molecule has 0 bridgehead atoms. The minimum absolute atomic E-state index is 0.108. The summed E-state index contributed by atoms with van der Waals surface area (Å²) in [7, 11) is 1.53. The maximum Gasteiger partial charge on any atom is 0.260 e. The molecule has 26 heavy (non-hydrogen) atoms. The zero-order valence-electron chi connectivity index (χ0n) is 14.9. The predicted octanol–water partition coefficient (Wildman–Crippen LogP) is 2.01. The van der Waals surface area contributed by atoms with Gasteiger partial charge in [-0.15, -0.1) is 0 Å². The molecule has 7 heteroatoms. The molecule has 2 heterocycles. The monoisotopic (exact) mass is 354 g/mol. The Bertz CT molecular complexity index is 784. The Labute approximate surface area is 152 Å². The van der Waals surface area contributed by atoms with Gasteiger partial charge in [0.2, 0.25) is 5.91 Å². The number of carbonyl (C=O) groups excluding carboxylic acids is 2. The van der Waals surface area contributed by atoms with Crippen molar-refractivity contribution in [3.8, 4) is 5.75 Å². The highest BCUT2D eigenvalue weighted by Crippen LogP contribution is 2.20. The summed E-state index contributed by atoms with van der Waals surface area (Å²) < 4.78 is 5.21. The molecule has 0 atom stereocenters. The number of rotatable bonds is 4. The summed E-state index contributed by atoms with van der Waals surface area (Å²) in [5.41, 5.74) is 1.43. The largest absolute Gasteiger partial charge is 0.496 e. The second kappa shape index (κ2) is 7.86. The molecule has 0 unspecified atom stereocenters. The van der Waals surface area contributed by atoms with Crippen molar-refractivity contribution in [2.24, 2.45) is 0 Å². The maximum absolute atomic E-state index is 12.4. The Balaban J connectivity index is 1.63. The molecule has 0 aliphatic carbocycles. The fourth-order valence-electron chi connectivity index (χ4n) is 2.94. The number of methoxy groups -OCH3 is 1. The van der Waals surface area contributed by atoms with Crippen molar-refractivity contribution in [2.45, 2.75) is 6.92 Å². The number of piperazine rings is 1. The van der Waals surface area contributed by atoms with Gasteiger partial charge in [0, 0.05) is 33.1 Å². The summed E-state index contributed by atoms with van der Waals surface area (Å²) >= 11 is 0. The van der Waals surface area contributed by atoms with Gasteiger partial charge in [0.05, 0.1) is 24.6 Å². The first kappa shape index (κ1) is 17.7. The highest BCUT2D eigenvalue weighted by Gasteiger charge is 2.19. The van der Waals surface area contributed by atoms with Gasteiger partial charge in [-0.2, -0.15) is 0 Å². The molecular formula is C19H22N4O3. The molecule has 1 aliphatic rings. The van der Waals surface area contributed by atoms with Crippen molar-refractivity contribution in [3.63, 3.8) is 0 Å². The number of amides is 2. The number of para-hydroxylation sites is 1. The molecule has 0 spiro atoms. The van der Waals surface area contributed by atoms with Crippen molar-refractivity contribution >= 4 is 23.3 Å². The average molecular weight is 354 g/mol. The van der Waals surface area contributed by atoms with E-state index in [1.165, 1.54) is 7.11 Å². The van der Waals surface area contributed by atoms with Gasteiger partial charge in [0.15, 0.2) is 0 Å². The minimum atomic E-state index is -0.266. The average Bonchev–Trinajstić information content (AvgIpc) is 2.68. The molecular weight excluding hydrogens is 332 g/mol. The van der Waals surface area contributed by atoms with E-state index < -0.39 is 0 Å². The number of carbonyl (C=O) groups is 2. The van der Waals surface area contributed by atoms with Crippen LogP contribution in [-0.4, -0.2) is 55.0 Å². The third kappa shape index (κ3) is 3.93. The highest BCUT2D eigenvalue weighted by atomic mass is 16.5. The van der Waals surface area contributed by atoms with Crippen LogP contribution in [0.25, 0.3) is 0 Å². The number of hydrogen-bond donors (Lipinski definition) is 1. The first-order chi connectivity index (χ1) is 12.6. The third-order valence-electron chi connectivity index (χ3n) is 4.43. The Morgan fingerprint density at radius 1 is 1.08 bits per heavy atom. The van der Waals surface area contributed by atoms with Gasteiger partial charge < -0.3 is 19.9 Å². The Kier molecular flexibility index (Phi) is 5.36. The van der Waals surface area contributed by atoms with E-state index in [4.69, 9.17) is 4.74 Å². The quantitative estimate of drug-likeness (QED) is 0.909. The summed E-state index contributed by atoms with van der Waals surface area (Å²) in [6.07, 6.45) is 1.74. The number of benzene rings is 1. The molecule has 1 N–H and O–H groups in total. The van der Waals surface area contributed by atoms with Crippen LogP contribution in [0.2, 0.25) is 0 Å². The van der Waals surface area contributed by atoms with Crippen molar-refractivity contribution in [1.82, 2.24) is 9.88 Å². The molecule has 0 radical (unpaired) electrons. The second-order valence-electron chi connectivity index (χ2n) is 6.05. The van der Waals surface area contributed by atoms with E-state index in [-0.39, 0.29) is 11.8 Å². The summed E-state index contributed by atoms with van der Waals surface area (Å²) in [6.45, 7) is 4.56. The van der Waals surface area contributed by atoms with Crippen LogP contribution in [-0.2, 0) is 4.79 Å². The van der Waals surface area contributed by atoms with Gasteiger partial charge >= 0.3 is 0 Å².